The average Bonchev–Trinajstić information content (AvgIpc) is 2.46. The molecule has 0 heterocycles. The van der Waals surface area contributed by atoms with Gasteiger partial charge in [0, 0.05) is 6.08 Å². The van der Waals surface area contributed by atoms with Crippen LogP contribution in [0.1, 0.15) is 32.3 Å². The minimum absolute atomic E-state index is 0.217. The van der Waals surface area contributed by atoms with E-state index < -0.39 is 11.9 Å². The lowest BCUT2D eigenvalue weighted by atomic mass is 10.1. The van der Waals surface area contributed by atoms with Crippen LogP contribution in [-0.4, -0.2) is 25.2 Å². The number of hydrogen-bond donors (Lipinski definition) is 0. The lowest BCUT2D eigenvalue weighted by molar-refractivity contribution is -0.139. The first-order valence-corrected chi connectivity index (χ1v) is 6.80. The summed E-state index contributed by atoms with van der Waals surface area (Å²) in [6.45, 7) is 4.35. The second kappa shape index (κ2) is 8.91. The summed E-state index contributed by atoms with van der Waals surface area (Å²) < 4.78 is 10.0. The summed E-state index contributed by atoms with van der Waals surface area (Å²) in [4.78, 5) is 23.6. The quantitative estimate of drug-likeness (QED) is 0.436. The Morgan fingerprint density at radius 2 is 1.80 bits per heavy atom. The summed E-state index contributed by atoms with van der Waals surface area (Å²) >= 11 is 0. The number of hydrogen-bond acceptors (Lipinski definition) is 4. The highest BCUT2D eigenvalue weighted by Gasteiger charge is 2.15. The minimum Gasteiger partial charge on any atom is -0.463 e. The molecule has 0 atom stereocenters. The molecule has 0 radical (unpaired) electrons. The Balaban J connectivity index is 2.87. The monoisotopic (exact) mass is 276 g/mol. The predicted molar refractivity (Wildman–Crippen MR) is 76.9 cm³/mol. The first-order chi connectivity index (χ1) is 9.69. The van der Waals surface area contributed by atoms with Crippen molar-refractivity contribution < 1.29 is 19.1 Å². The van der Waals surface area contributed by atoms with Crippen molar-refractivity contribution in [3.8, 4) is 0 Å². The van der Waals surface area contributed by atoms with Crippen LogP contribution < -0.4 is 0 Å². The second-order valence-corrected chi connectivity index (χ2v) is 4.17. The fourth-order valence-corrected chi connectivity index (χ4v) is 1.56. The van der Waals surface area contributed by atoms with Gasteiger partial charge in [0.2, 0.25) is 0 Å². The van der Waals surface area contributed by atoms with Crippen LogP contribution in [-0.2, 0) is 19.1 Å². The molecule has 0 aromatic heterocycles. The van der Waals surface area contributed by atoms with Crippen molar-refractivity contribution in [1.82, 2.24) is 0 Å². The Morgan fingerprint density at radius 1 is 1.10 bits per heavy atom. The molecule has 0 fully saturated rings. The van der Waals surface area contributed by atoms with Crippen molar-refractivity contribution in [3.63, 3.8) is 0 Å². The minimum atomic E-state index is -0.523. The summed E-state index contributed by atoms with van der Waals surface area (Å²) in [5.74, 6) is -1.04. The zero-order chi connectivity index (χ0) is 14.8. The highest BCUT2D eigenvalue weighted by atomic mass is 16.5. The molecule has 0 amide bonds. The van der Waals surface area contributed by atoms with Crippen molar-refractivity contribution in [2.24, 2.45) is 0 Å². The Kier molecular flexibility index (Phi) is 7.11. The van der Waals surface area contributed by atoms with E-state index in [-0.39, 0.29) is 12.2 Å². The molecule has 0 saturated heterocycles. The highest BCUT2D eigenvalue weighted by Crippen LogP contribution is 2.16. The molecule has 0 aliphatic heterocycles. The van der Waals surface area contributed by atoms with Gasteiger partial charge in [-0.15, -0.1) is 0 Å². The van der Waals surface area contributed by atoms with Gasteiger partial charge >= 0.3 is 11.9 Å². The Labute approximate surface area is 119 Å². The number of benzene rings is 1. The fraction of sp³-hybridized carbons (Fsp3) is 0.375. The third kappa shape index (κ3) is 5.26. The Hall–Kier alpha value is -2.10. The van der Waals surface area contributed by atoms with Crippen molar-refractivity contribution >= 4 is 17.5 Å². The van der Waals surface area contributed by atoms with Gasteiger partial charge < -0.3 is 9.47 Å². The maximum Gasteiger partial charge on any atom is 0.338 e. The molecule has 1 aromatic carbocycles. The van der Waals surface area contributed by atoms with Crippen LogP contribution in [0, 0.1) is 0 Å². The molecule has 0 spiro atoms. The van der Waals surface area contributed by atoms with Gasteiger partial charge in [0.25, 0.3) is 0 Å². The van der Waals surface area contributed by atoms with Crippen molar-refractivity contribution in [2.75, 3.05) is 13.2 Å². The van der Waals surface area contributed by atoms with Crippen LogP contribution in [0.15, 0.2) is 36.4 Å². The maximum atomic E-state index is 11.9. The van der Waals surface area contributed by atoms with Gasteiger partial charge in [-0.25, -0.2) is 9.59 Å². The van der Waals surface area contributed by atoms with Crippen LogP contribution in [0.2, 0.25) is 0 Å². The molecule has 0 N–H and O–H groups in total. The normalized spacial score (nSPS) is 11.0. The Morgan fingerprint density at radius 3 is 2.40 bits per heavy atom. The van der Waals surface area contributed by atoms with E-state index in [1.54, 1.807) is 31.2 Å². The van der Waals surface area contributed by atoms with Gasteiger partial charge in [0.1, 0.15) is 0 Å². The summed E-state index contributed by atoms with van der Waals surface area (Å²) in [6.07, 6.45) is 2.95. The third-order valence-corrected chi connectivity index (χ3v) is 2.58. The van der Waals surface area contributed by atoms with E-state index in [1.165, 1.54) is 6.08 Å². The zero-order valence-corrected chi connectivity index (χ0v) is 11.9. The lowest BCUT2D eigenvalue weighted by Crippen LogP contribution is -2.10. The maximum absolute atomic E-state index is 11.9. The summed E-state index contributed by atoms with van der Waals surface area (Å²) in [7, 11) is 0. The van der Waals surface area contributed by atoms with Crippen LogP contribution in [0.25, 0.3) is 5.57 Å². The van der Waals surface area contributed by atoms with Gasteiger partial charge in [-0.1, -0.05) is 43.7 Å². The van der Waals surface area contributed by atoms with Crippen LogP contribution in [0.5, 0.6) is 0 Å². The van der Waals surface area contributed by atoms with Gasteiger partial charge in [0.05, 0.1) is 18.8 Å². The van der Waals surface area contributed by atoms with Gasteiger partial charge in [-0.05, 0) is 18.9 Å². The predicted octanol–water partition coefficient (Wildman–Crippen LogP) is 2.98. The van der Waals surface area contributed by atoms with E-state index in [4.69, 9.17) is 9.47 Å². The second-order valence-electron chi connectivity index (χ2n) is 4.17. The van der Waals surface area contributed by atoms with E-state index in [0.29, 0.717) is 12.2 Å². The number of esters is 2. The molecule has 0 aliphatic carbocycles. The van der Waals surface area contributed by atoms with Crippen molar-refractivity contribution in [1.29, 1.82) is 0 Å². The average molecular weight is 276 g/mol. The molecule has 0 aliphatic rings. The molecule has 20 heavy (non-hydrogen) atoms. The smallest absolute Gasteiger partial charge is 0.338 e. The van der Waals surface area contributed by atoms with Crippen molar-refractivity contribution in [2.45, 2.75) is 26.7 Å². The molecule has 0 unspecified atom stereocenters. The molecular weight excluding hydrogens is 256 g/mol. The zero-order valence-electron chi connectivity index (χ0n) is 11.9. The van der Waals surface area contributed by atoms with Crippen LogP contribution in [0.3, 0.4) is 0 Å². The molecule has 0 bridgehead atoms. The van der Waals surface area contributed by atoms with Gasteiger partial charge in [0.15, 0.2) is 0 Å². The van der Waals surface area contributed by atoms with Crippen LogP contribution >= 0.6 is 0 Å². The molecule has 4 nitrogen and oxygen atoms in total. The lowest BCUT2D eigenvalue weighted by Gasteiger charge is -2.07. The largest absolute Gasteiger partial charge is 0.463 e. The number of rotatable bonds is 7. The van der Waals surface area contributed by atoms with E-state index in [9.17, 15) is 9.59 Å². The summed E-state index contributed by atoms with van der Waals surface area (Å²) in [6, 6.07) is 8.94. The molecule has 0 saturated carbocycles. The fourth-order valence-electron chi connectivity index (χ4n) is 1.56. The van der Waals surface area contributed by atoms with Crippen LogP contribution in [0.4, 0.5) is 0 Å². The van der Waals surface area contributed by atoms with E-state index >= 15 is 0 Å². The first kappa shape index (κ1) is 16.0. The number of ether oxygens (including phenoxy) is 2. The molecular formula is C16H20O4. The summed E-state index contributed by atoms with van der Waals surface area (Å²) in [5, 5.41) is 0. The van der Waals surface area contributed by atoms with E-state index in [1.807, 2.05) is 13.0 Å². The van der Waals surface area contributed by atoms with Crippen molar-refractivity contribution in [3.05, 3.63) is 42.0 Å². The third-order valence-electron chi connectivity index (χ3n) is 2.58. The van der Waals surface area contributed by atoms with E-state index in [2.05, 4.69) is 0 Å². The Bertz CT molecular complexity index is 463. The molecule has 1 rings (SSSR count). The van der Waals surface area contributed by atoms with Gasteiger partial charge in [-0.2, -0.15) is 0 Å². The molecule has 1 aromatic rings. The number of carbonyl (C=O) groups is 2. The standard InChI is InChI=1S/C16H20O4/c1-3-5-11-20-15(17)12-14(16(18)19-4-2)13-9-7-6-8-10-13/h6-10,12H,3-5,11H2,1-2H3/b14-12+. The SMILES string of the molecule is CCCCOC(=O)/C=C(/C(=O)OCC)c1ccccc1. The number of carbonyl (C=O) groups excluding carboxylic acids is 2. The molecule has 4 heteroatoms. The summed E-state index contributed by atoms with van der Waals surface area (Å²) in [5.41, 5.74) is 0.854. The topological polar surface area (TPSA) is 52.6 Å². The van der Waals surface area contributed by atoms with Gasteiger partial charge in [-0.3, -0.25) is 0 Å². The number of unbranched alkanes of at least 4 members (excludes halogenated alkanes) is 1. The van der Waals surface area contributed by atoms with E-state index in [0.717, 1.165) is 12.8 Å². The first-order valence-electron chi connectivity index (χ1n) is 6.80. The highest BCUT2D eigenvalue weighted by molar-refractivity contribution is 6.20. The molecule has 108 valence electrons.